The van der Waals surface area contributed by atoms with Crippen LogP contribution in [0.4, 0.5) is 0 Å². The number of allylic oxidation sites excluding steroid dienone is 4. The zero-order valence-corrected chi connectivity index (χ0v) is 22.5. The summed E-state index contributed by atoms with van der Waals surface area (Å²) in [5.74, 6) is 0. The monoisotopic (exact) mass is 486 g/mol. The molecule has 0 atom stereocenters. The maximum absolute atomic E-state index is 6.80. The van der Waals surface area contributed by atoms with Gasteiger partial charge in [0.2, 0.25) is 0 Å². The number of halogens is 4. The number of hydrogen-bond donors (Lipinski definition) is 0. The molecular weight excluding hydrogens is 446 g/mol. The number of unbranched alkanes of at least 4 members (excludes halogenated alkanes) is 10. The Bertz CT molecular complexity index is 395. The standard InChI is InChI=1S/C23H42Cl4Si/c1-4-7-9-11-13-15-17-20-22(19-6-3,23(24,25)28(26)27)21-18-16-14-12-10-8-5-2/h17-18,20-21,28H,4-16,19H2,1-3H3/b20-17+,21-18+. The van der Waals surface area contributed by atoms with Gasteiger partial charge < -0.3 is 0 Å². The van der Waals surface area contributed by atoms with E-state index in [2.05, 4.69) is 45.1 Å². The molecule has 166 valence electrons. The summed E-state index contributed by atoms with van der Waals surface area (Å²) in [4.78, 5) is 0. The highest BCUT2D eigenvalue weighted by Gasteiger charge is 2.50. The Morgan fingerprint density at radius 1 is 0.643 bits per heavy atom. The summed E-state index contributed by atoms with van der Waals surface area (Å²) >= 11 is 26.3. The fraction of sp³-hybridized carbons (Fsp3) is 0.826. The molecule has 0 radical (unpaired) electrons. The molecule has 0 spiro atoms. The number of rotatable bonds is 18. The van der Waals surface area contributed by atoms with Gasteiger partial charge in [-0.25, -0.2) is 0 Å². The molecule has 0 N–H and O–H groups in total. The van der Waals surface area contributed by atoms with Gasteiger partial charge in [-0.1, -0.05) is 103 Å². The minimum absolute atomic E-state index is 0.474. The fourth-order valence-electron chi connectivity index (χ4n) is 3.55. The lowest BCUT2D eigenvalue weighted by Gasteiger charge is -2.39. The molecule has 0 bridgehead atoms. The molecule has 0 nitrogen and oxygen atoms in total. The van der Waals surface area contributed by atoms with E-state index in [0.29, 0.717) is 0 Å². The lowest BCUT2D eigenvalue weighted by molar-refractivity contribution is 0.446. The Kier molecular flexibility index (Phi) is 18.1. The molecule has 0 unspecified atom stereocenters. The lowest BCUT2D eigenvalue weighted by Crippen LogP contribution is -2.44. The molecule has 0 saturated heterocycles. The molecular formula is C23H42Cl4Si. The van der Waals surface area contributed by atoms with E-state index in [4.69, 9.17) is 45.4 Å². The number of alkyl halides is 2. The average Bonchev–Trinajstić information content (AvgIpc) is 2.66. The molecule has 0 heterocycles. The Hall–Kier alpha value is 0.857. The molecule has 0 fully saturated rings. The van der Waals surface area contributed by atoms with Crippen molar-refractivity contribution in [2.24, 2.45) is 5.41 Å². The minimum Gasteiger partial charge on any atom is -0.147 e. The van der Waals surface area contributed by atoms with Crippen molar-refractivity contribution in [1.82, 2.24) is 0 Å². The van der Waals surface area contributed by atoms with E-state index < -0.39 is 16.8 Å². The second-order valence-corrected chi connectivity index (χ2v) is 14.8. The molecule has 0 aliphatic carbocycles. The third-order valence-electron chi connectivity index (χ3n) is 5.34. The average molecular weight is 488 g/mol. The van der Waals surface area contributed by atoms with E-state index in [-0.39, 0.29) is 0 Å². The van der Waals surface area contributed by atoms with E-state index in [1.54, 1.807) is 0 Å². The summed E-state index contributed by atoms with van der Waals surface area (Å²) in [5.41, 5.74) is -0.474. The predicted octanol–water partition coefficient (Wildman–Crippen LogP) is 10.0. The second kappa shape index (κ2) is 17.5. The van der Waals surface area contributed by atoms with E-state index in [9.17, 15) is 0 Å². The molecule has 0 aliphatic heterocycles. The first-order chi connectivity index (χ1) is 13.4. The first-order valence-corrected chi connectivity index (χ1v) is 16.2. The first-order valence-electron chi connectivity index (χ1n) is 11.4. The van der Waals surface area contributed by atoms with Crippen LogP contribution in [0.1, 0.15) is 111 Å². The van der Waals surface area contributed by atoms with Crippen molar-refractivity contribution in [1.29, 1.82) is 0 Å². The Labute approximate surface area is 196 Å². The third kappa shape index (κ3) is 11.3. The van der Waals surface area contributed by atoms with Crippen LogP contribution in [0.3, 0.4) is 0 Å². The molecule has 0 amide bonds. The Morgan fingerprint density at radius 3 is 1.43 bits per heavy atom. The van der Waals surface area contributed by atoms with Crippen LogP contribution in [-0.4, -0.2) is 11.4 Å². The molecule has 0 aromatic heterocycles. The fourth-order valence-corrected chi connectivity index (χ4v) is 5.95. The van der Waals surface area contributed by atoms with E-state index >= 15 is 0 Å². The van der Waals surface area contributed by atoms with Crippen molar-refractivity contribution in [3.05, 3.63) is 24.3 Å². The molecule has 28 heavy (non-hydrogen) atoms. The van der Waals surface area contributed by atoms with Gasteiger partial charge in [-0.15, -0.1) is 45.4 Å². The van der Waals surface area contributed by atoms with Crippen molar-refractivity contribution in [2.75, 3.05) is 0 Å². The number of hydrogen-bond acceptors (Lipinski definition) is 0. The van der Waals surface area contributed by atoms with E-state index in [0.717, 1.165) is 25.7 Å². The summed E-state index contributed by atoms with van der Waals surface area (Å²) in [6.07, 6.45) is 25.7. The van der Waals surface area contributed by atoms with Gasteiger partial charge >= 0.3 is 0 Å². The van der Waals surface area contributed by atoms with Crippen LogP contribution in [0.2, 0.25) is 0 Å². The van der Waals surface area contributed by atoms with Gasteiger partial charge in [0.15, 0.2) is 0 Å². The zero-order valence-electron chi connectivity index (χ0n) is 18.3. The van der Waals surface area contributed by atoms with Crippen LogP contribution in [0.25, 0.3) is 0 Å². The van der Waals surface area contributed by atoms with Crippen molar-refractivity contribution in [3.63, 3.8) is 0 Å². The van der Waals surface area contributed by atoms with E-state index in [1.165, 1.54) is 64.2 Å². The Balaban J connectivity index is 5.06. The summed E-state index contributed by atoms with van der Waals surface area (Å²) < 4.78 is -1.11. The topological polar surface area (TPSA) is 0 Å². The molecule has 0 aromatic rings. The van der Waals surface area contributed by atoms with Gasteiger partial charge in [0.1, 0.15) is 3.96 Å². The molecule has 0 aromatic carbocycles. The summed E-state index contributed by atoms with van der Waals surface area (Å²) in [6.45, 7) is 6.65. The van der Waals surface area contributed by atoms with Crippen molar-refractivity contribution < 1.29 is 0 Å². The lowest BCUT2D eigenvalue weighted by atomic mass is 9.83. The largest absolute Gasteiger partial charge is 0.274 e. The second-order valence-electron chi connectivity index (χ2n) is 7.92. The van der Waals surface area contributed by atoms with Crippen molar-refractivity contribution in [3.8, 4) is 0 Å². The smallest absolute Gasteiger partial charge is 0.147 e. The third-order valence-corrected chi connectivity index (χ3v) is 11.7. The molecule has 5 heteroatoms. The predicted molar refractivity (Wildman–Crippen MR) is 136 cm³/mol. The van der Waals surface area contributed by atoms with Crippen LogP contribution in [0.15, 0.2) is 24.3 Å². The van der Waals surface area contributed by atoms with Gasteiger partial charge in [0.25, 0.3) is 7.42 Å². The SMILES string of the molecule is CCCCCCC/C=C/C(/C=C/CCCCCCC)(CCC)C(Cl)(Cl)[SiH](Cl)Cl. The Morgan fingerprint density at radius 2 is 1.07 bits per heavy atom. The van der Waals surface area contributed by atoms with Crippen LogP contribution >= 0.6 is 45.4 Å². The highest BCUT2D eigenvalue weighted by molar-refractivity contribution is 7.39. The van der Waals surface area contributed by atoms with Crippen molar-refractivity contribution in [2.45, 2.75) is 115 Å². The zero-order chi connectivity index (χ0) is 21.3. The molecule has 0 aliphatic rings. The maximum atomic E-state index is 6.80. The van der Waals surface area contributed by atoms with Gasteiger partial charge in [0, 0.05) is 5.41 Å². The first kappa shape index (κ1) is 28.9. The van der Waals surface area contributed by atoms with E-state index in [1.807, 2.05) is 0 Å². The molecule has 0 rings (SSSR count). The van der Waals surface area contributed by atoms with Gasteiger partial charge in [-0.3, -0.25) is 0 Å². The highest BCUT2D eigenvalue weighted by atomic mass is 35.7. The van der Waals surface area contributed by atoms with Crippen molar-refractivity contribution >= 4 is 52.8 Å². The molecule has 0 saturated carbocycles. The highest BCUT2D eigenvalue weighted by Crippen LogP contribution is 2.50. The van der Waals surface area contributed by atoms with Gasteiger partial charge in [-0.2, -0.15) is 0 Å². The van der Waals surface area contributed by atoms with Crippen LogP contribution in [-0.2, 0) is 0 Å². The summed E-state index contributed by atoms with van der Waals surface area (Å²) in [7, 11) is -2.31. The van der Waals surface area contributed by atoms with Crippen LogP contribution in [0.5, 0.6) is 0 Å². The van der Waals surface area contributed by atoms with Gasteiger partial charge in [-0.05, 0) is 32.1 Å². The summed E-state index contributed by atoms with van der Waals surface area (Å²) in [5, 5.41) is 0. The quantitative estimate of drug-likeness (QED) is 0.0592. The van der Waals surface area contributed by atoms with Crippen LogP contribution in [0, 0.1) is 5.41 Å². The maximum Gasteiger partial charge on any atom is 0.274 e. The normalized spacial score (nSPS) is 13.4. The van der Waals surface area contributed by atoms with Crippen LogP contribution < -0.4 is 0 Å². The summed E-state index contributed by atoms with van der Waals surface area (Å²) in [6, 6.07) is 0. The minimum atomic E-state index is -2.31. The van der Waals surface area contributed by atoms with Gasteiger partial charge in [0.05, 0.1) is 0 Å².